The Morgan fingerprint density at radius 3 is 2.36 bits per heavy atom. The summed E-state index contributed by atoms with van der Waals surface area (Å²) in [4.78, 5) is 0. The largest absolute Gasteiger partial charge is 0.0720 e. The van der Waals surface area contributed by atoms with Crippen LogP contribution in [-0.2, 0) is 6.42 Å². The zero-order chi connectivity index (χ0) is 19.2. The van der Waals surface area contributed by atoms with Crippen LogP contribution in [0.25, 0.3) is 16.8 Å². The number of allylic oxidation sites excluding steroid dienone is 1. The molecule has 0 radical (unpaired) electrons. The van der Waals surface area contributed by atoms with Crippen LogP contribution >= 0.6 is 0 Å². The van der Waals surface area contributed by atoms with Gasteiger partial charge in [-0.3, -0.25) is 0 Å². The molecule has 28 heavy (non-hydrogen) atoms. The average molecular weight is 369 g/mol. The maximum atomic E-state index is 2.40. The zero-order valence-corrected chi connectivity index (χ0v) is 17.2. The molecule has 0 heteroatoms. The summed E-state index contributed by atoms with van der Waals surface area (Å²) in [5, 5.41) is 2.79. The van der Waals surface area contributed by atoms with Crippen molar-refractivity contribution in [2.75, 3.05) is 0 Å². The molecule has 3 aromatic rings. The lowest BCUT2D eigenvalue weighted by atomic mass is 9.84. The van der Waals surface area contributed by atoms with Gasteiger partial charge in [0.15, 0.2) is 0 Å². The summed E-state index contributed by atoms with van der Waals surface area (Å²) in [5.74, 6) is 0.391. The van der Waals surface area contributed by atoms with Crippen LogP contribution in [0.15, 0.2) is 66.7 Å². The van der Waals surface area contributed by atoms with Crippen molar-refractivity contribution < 1.29 is 0 Å². The molecule has 0 heterocycles. The van der Waals surface area contributed by atoms with Crippen LogP contribution in [0.1, 0.15) is 80.0 Å². The molecule has 0 nitrogen and oxygen atoms in total. The molecule has 3 aromatic carbocycles. The maximum Gasteiger partial charge on any atom is 0.0287 e. The Hall–Kier alpha value is -2.34. The van der Waals surface area contributed by atoms with Crippen LogP contribution in [0.2, 0.25) is 0 Å². The Morgan fingerprint density at radius 1 is 0.714 bits per heavy atom. The van der Waals surface area contributed by atoms with Crippen molar-refractivity contribution in [3.63, 3.8) is 0 Å². The van der Waals surface area contributed by atoms with Gasteiger partial charge in [-0.05, 0) is 45.9 Å². The quantitative estimate of drug-likeness (QED) is 0.333. The van der Waals surface area contributed by atoms with Gasteiger partial charge in [0, 0.05) is 5.92 Å². The summed E-state index contributed by atoms with van der Waals surface area (Å²) < 4.78 is 0. The minimum atomic E-state index is 0.391. The van der Waals surface area contributed by atoms with Crippen LogP contribution < -0.4 is 0 Å². The first kappa shape index (κ1) is 19.0. The van der Waals surface area contributed by atoms with E-state index < -0.39 is 0 Å². The lowest BCUT2D eigenvalue weighted by molar-refractivity contribution is 0.588. The zero-order valence-electron chi connectivity index (χ0n) is 17.2. The highest BCUT2D eigenvalue weighted by Crippen LogP contribution is 2.40. The topological polar surface area (TPSA) is 0 Å². The normalized spacial score (nSPS) is 15.2. The van der Waals surface area contributed by atoms with Gasteiger partial charge in [-0.25, -0.2) is 0 Å². The molecule has 0 bridgehead atoms. The molecule has 0 N–H and O–H groups in total. The molecule has 144 valence electrons. The monoisotopic (exact) mass is 368 g/mol. The van der Waals surface area contributed by atoms with Gasteiger partial charge in [-0.2, -0.15) is 0 Å². The SMILES string of the molecule is CCCCCCCCCc1ccc2ccccc2c1C1C=Cc2ccccc21. The third-order valence-corrected chi connectivity index (χ3v) is 6.22. The van der Waals surface area contributed by atoms with Crippen LogP contribution in [0.5, 0.6) is 0 Å². The van der Waals surface area contributed by atoms with E-state index in [2.05, 4.69) is 79.7 Å². The number of unbranched alkanes of at least 4 members (excludes halogenated alkanes) is 6. The van der Waals surface area contributed by atoms with E-state index in [-0.39, 0.29) is 0 Å². The predicted octanol–water partition coefficient (Wildman–Crippen LogP) is 8.29. The Bertz CT molecular complexity index is 947. The van der Waals surface area contributed by atoms with E-state index >= 15 is 0 Å². The second-order valence-corrected chi connectivity index (χ2v) is 8.20. The molecule has 0 saturated carbocycles. The fraction of sp³-hybridized carbons (Fsp3) is 0.357. The Balaban J connectivity index is 1.58. The van der Waals surface area contributed by atoms with E-state index in [9.17, 15) is 0 Å². The van der Waals surface area contributed by atoms with Gasteiger partial charge >= 0.3 is 0 Å². The molecular weight excluding hydrogens is 336 g/mol. The molecule has 1 atom stereocenters. The van der Waals surface area contributed by atoms with Crippen molar-refractivity contribution >= 4 is 16.8 Å². The molecule has 0 spiro atoms. The minimum Gasteiger partial charge on any atom is -0.0720 e. The summed E-state index contributed by atoms with van der Waals surface area (Å²) in [6, 6.07) is 22.5. The first-order valence-corrected chi connectivity index (χ1v) is 11.2. The van der Waals surface area contributed by atoms with E-state index in [4.69, 9.17) is 0 Å². The van der Waals surface area contributed by atoms with E-state index in [1.165, 1.54) is 78.8 Å². The fourth-order valence-electron chi connectivity index (χ4n) is 4.70. The van der Waals surface area contributed by atoms with Gasteiger partial charge in [0.25, 0.3) is 0 Å². The Kier molecular flexibility index (Phi) is 6.27. The van der Waals surface area contributed by atoms with E-state index in [1.54, 1.807) is 5.56 Å². The van der Waals surface area contributed by atoms with Gasteiger partial charge in [0.1, 0.15) is 0 Å². The molecular formula is C28H32. The number of fused-ring (bicyclic) bond motifs is 2. The van der Waals surface area contributed by atoms with Gasteiger partial charge in [0.2, 0.25) is 0 Å². The third-order valence-electron chi connectivity index (χ3n) is 6.22. The van der Waals surface area contributed by atoms with E-state index in [0.29, 0.717) is 5.92 Å². The first-order valence-electron chi connectivity index (χ1n) is 11.2. The third kappa shape index (κ3) is 4.07. The smallest absolute Gasteiger partial charge is 0.0287 e. The van der Waals surface area contributed by atoms with E-state index in [1.807, 2.05) is 0 Å². The lowest BCUT2D eigenvalue weighted by Crippen LogP contribution is -2.03. The molecule has 1 aliphatic rings. The number of hydrogen-bond acceptors (Lipinski definition) is 0. The van der Waals surface area contributed by atoms with Gasteiger partial charge in [0.05, 0.1) is 0 Å². The molecule has 0 saturated heterocycles. The fourth-order valence-corrected chi connectivity index (χ4v) is 4.70. The molecule has 1 aliphatic carbocycles. The summed E-state index contributed by atoms with van der Waals surface area (Å²) in [7, 11) is 0. The summed E-state index contributed by atoms with van der Waals surface area (Å²) >= 11 is 0. The molecule has 0 aromatic heterocycles. The molecule has 1 unspecified atom stereocenters. The predicted molar refractivity (Wildman–Crippen MR) is 123 cm³/mol. The molecule has 0 aliphatic heterocycles. The highest BCUT2D eigenvalue weighted by Gasteiger charge is 2.22. The lowest BCUT2D eigenvalue weighted by Gasteiger charge is -2.19. The van der Waals surface area contributed by atoms with Gasteiger partial charge < -0.3 is 0 Å². The number of benzene rings is 3. The second kappa shape index (κ2) is 9.24. The van der Waals surface area contributed by atoms with Crippen molar-refractivity contribution in [1.29, 1.82) is 0 Å². The van der Waals surface area contributed by atoms with Crippen LogP contribution in [0.4, 0.5) is 0 Å². The number of hydrogen-bond donors (Lipinski definition) is 0. The van der Waals surface area contributed by atoms with Crippen molar-refractivity contribution in [1.82, 2.24) is 0 Å². The Labute approximate surface area is 170 Å². The highest BCUT2D eigenvalue weighted by atomic mass is 14.3. The van der Waals surface area contributed by atoms with Crippen LogP contribution in [0, 0.1) is 0 Å². The van der Waals surface area contributed by atoms with E-state index in [0.717, 1.165) is 0 Å². The van der Waals surface area contributed by atoms with Crippen molar-refractivity contribution in [3.05, 3.63) is 89.0 Å². The molecule has 0 fully saturated rings. The van der Waals surface area contributed by atoms with Crippen molar-refractivity contribution in [2.45, 2.75) is 64.2 Å². The highest BCUT2D eigenvalue weighted by molar-refractivity contribution is 5.89. The number of aryl methyl sites for hydroxylation is 1. The van der Waals surface area contributed by atoms with Crippen molar-refractivity contribution in [2.24, 2.45) is 0 Å². The van der Waals surface area contributed by atoms with Crippen LogP contribution in [-0.4, -0.2) is 0 Å². The summed E-state index contributed by atoms with van der Waals surface area (Å²) in [6.45, 7) is 2.29. The van der Waals surface area contributed by atoms with Gasteiger partial charge in [-0.1, -0.05) is 118 Å². The van der Waals surface area contributed by atoms with Gasteiger partial charge in [-0.15, -0.1) is 0 Å². The molecule has 0 amide bonds. The molecule has 4 rings (SSSR count). The number of rotatable bonds is 9. The summed E-state index contributed by atoms with van der Waals surface area (Å²) in [5.41, 5.74) is 5.91. The standard InChI is InChI=1S/C28H32/c1-2-3-4-5-6-7-8-15-24-19-18-23-14-10-12-17-26(23)28(24)27-21-20-22-13-9-11-16-25(22)27/h9-14,16-21,27H,2-8,15H2,1H3. The van der Waals surface area contributed by atoms with Crippen molar-refractivity contribution in [3.8, 4) is 0 Å². The minimum absolute atomic E-state index is 0.391. The first-order chi connectivity index (χ1) is 13.9. The Morgan fingerprint density at radius 2 is 1.46 bits per heavy atom. The second-order valence-electron chi connectivity index (χ2n) is 8.20. The maximum absolute atomic E-state index is 2.40. The average Bonchev–Trinajstić information content (AvgIpc) is 3.16. The van der Waals surface area contributed by atoms with Crippen LogP contribution in [0.3, 0.4) is 0 Å². The summed E-state index contributed by atoms with van der Waals surface area (Å²) in [6.07, 6.45) is 15.5.